The number of carbonyl (C=O) groups excluding carboxylic acids is 1. The third kappa shape index (κ3) is 6.63. The molecule has 1 amide bonds. The maximum atomic E-state index is 12.6. The average Bonchev–Trinajstić information content (AvgIpc) is 3.43. The van der Waals surface area contributed by atoms with Crippen molar-refractivity contribution in [3.05, 3.63) is 60.6 Å². The molecule has 11 heteroatoms. The van der Waals surface area contributed by atoms with Gasteiger partial charge in [0, 0.05) is 24.2 Å². The van der Waals surface area contributed by atoms with Crippen LogP contribution in [0.25, 0.3) is 10.9 Å². The van der Waals surface area contributed by atoms with Gasteiger partial charge in [0.05, 0.1) is 31.5 Å². The summed E-state index contributed by atoms with van der Waals surface area (Å²) in [5, 5.41) is 21.3. The summed E-state index contributed by atoms with van der Waals surface area (Å²) >= 11 is 0. The lowest BCUT2D eigenvalue weighted by Gasteiger charge is -2.51. The van der Waals surface area contributed by atoms with Crippen LogP contribution >= 0.6 is 0 Å². The quantitative estimate of drug-likeness (QED) is 0.293. The van der Waals surface area contributed by atoms with Gasteiger partial charge in [0.2, 0.25) is 5.91 Å². The van der Waals surface area contributed by atoms with E-state index in [9.17, 15) is 14.7 Å². The number of rotatable bonds is 13. The predicted molar refractivity (Wildman–Crippen MR) is 157 cm³/mol. The smallest absolute Gasteiger partial charge is 0.326 e. The molecule has 3 aromatic rings. The van der Waals surface area contributed by atoms with Crippen LogP contribution in [-0.2, 0) is 27.5 Å². The minimum atomic E-state index is -1.05. The molecule has 42 heavy (non-hydrogen) atoms. The fourth-order valence-corrected chi connectivity index (χ4v) is 6.36. The van der Waals surface area contributed by atoms with Crippen molar-refractivity contribution in [3.63, 3.8) is 0 Å². The van der Waals surface area contributed by atoms with Gasteiger partial charge in [-0.15, -0.1) is 11.7 Å². The number of nitrogens with zero attached hydrogens (tertiary/aromatic N) is 5. The third-order valence-electron chi connectivity index (χ3n) is 8.44. The third-order valence-corrected chi connectivity index (χ3v) is 8.44. The van der Waals surface area contributed by atoms with Gasteiger partial charge in [-0.25, -0.2) is 9.48 Å². The van der Waals surface area contributed by atoms with Gasteiger partial charge in [-0.2, -0.15) is 0 Å². The Bertz CT molecular complexity index is 1420. The highest BCUT2D eigenvalue weighted by atomic mass is 16.5. The number of pyridine rings is 1. The van der Waals surface area contributed by atoms with Crippen LogP contribution in [0.4, 0.5) is 0 Å². The number of amides is 1. The van der Waals surface area contributed by atoms with Crippen LogP contribution in [0.15, 0.2) is 49.3 Å². The van der Waals surface area contributed by atoms with Crippen LogP contribution in [-0.4, -0.2) is 74.1 Å². The van der Waals surface area contributed by atoms with Crippen molar-refractivity contribution in [2.45, 2.75) is 64.4 Å². The van der Waals surface area contributed by atoms with E-state index in [0.29, 0.717) is 24.0 Å². The number of carboxylic acids is 1. The SMILES string of the molecule is C=C[C@H]1CN2CC[C@H]1C[C@@H]2[C@H](OCc1cn(CC(=O)N[C@@H](CC(C)C)C(=O)O)nn1)c1ccnc2ccc(OC)cc12. The summed E-state index contributed by atoms with van der Waals surface area (Å²) in [5.41, 5.74) is 2.50. The van der Waals surface area contributed by atoms with Crippen LogP contribution in [0.2, 0.25) is 0 Å². The van der Waals surface area contributed by atoms with Crippen molar-refractivity contribution < 1.29 is 24.2 Å². The number of hydrogen-bond donors (Lipinski definition) is 2. The fraction of sp³-hybridized carbons (Fsp3) is 0.516. The first kappa shape index (κ1) is 29.7. The lowest BCUT2D eigenvalue weighted by Crippen LogP contribution is -2.55. The number of methoxy groups -OCH3 is 1. The van der Waals surface area contributed by atoms with Crippen molar-refractivity contribution in [2.24, 2.45) is 17.8 Å². The summed E-state index contributed by atoms with van der Waals surface area (Å²) in [7, 11) is 1.65. The minimum absolute atomic E-state index is 0.131. The molecule has 0 spiro atoms. The summed E-state index contributed by atoms with van der Waals surface area (Å²) in [6.45, 7) is 9.95. The summed E-state index contributed by atoms with van der Waals surface area (Å²) in [5.74, 6) is 0.453. The van der Waals surface area contributed by atoms with Crippen molar-refractivity contribution in [1.82, 2.24) is 30.2 Å². The molecule has 2 N–H and O–H groups in total. The number of hydrogen-bond acceptors (Lipinski definition) is 8. The van der Waals surface area contributed by atoms with Crippen LogP contribution in [0.5, 0.6) is 5.75 Å². The molecule has 0 saturated carbocycles. The number of benzene rings is 1. The maximum absolute atomic E-state index is 12.6. The second-order valence-corrected chi connectivity index (χ2v) is 11.8. The molecule has 1 unspecified atom stereocenters. The molecule has 6 rings (SSSR count). The van der Waals surface area contributed by atoms with Crippen molar-refractivity contribution in [2.75, 3.05) is 20.2 Å². The van der Waals surface area contributed by atoms with E-state index in [-0.39, 0.29) is 31.2 Å². The molecule has 3 fully saturated rings. The van der Waals surface area contributed by atoms with E-state index in [0.717, 1.165) is 48.1 Å². The molecule has 0 aliphatic carbocycles. The van der Waals surface area contributed by atoms with E-state index in [1.54, 1.807) is 13.3 Å². The lowest BCUT2D eigenvalue weighted by atomic mass is 9.73. The molecular weight excluding hydrogens is 536 g/mol. The number of nitrogens with one attached hydrogen (secondary N) is 1. The zero-order valence-electron chi connectivity index (χ0n) is 24.5. The molecule has 2 bridgehead atoms. The molecule has 2 aromatic heterocycles. The Balaban J connectivity index is 1.34. The predicted octanol–water partition coefficient (Wildman–Crippen LogP) is 3.60. The molecule has 5 heterocycles. The first-order chi connectivity index (χ1) is 20.2. The van der Waals surface area contributed by atoms with E-state index >= 15 is 0 Å². The maximum Gasteiger partial charge on any atom is 0.326 e. The van der Waals surface area contributed by atoms with Crippen molar-refractivity contribution in [1.29, 1.82) is 0 Å². The van der Waals surface area contributed by atoms with Gasteiger partial charge in [-0.3, -0.25) is 14.7 Å². The average molecular weight is 577 g/mol. The Morgan fingerprint density at radius 1 is 1.29 bits per heavy atom. The Morgan fingerprint density at radius 2 is 2.12 bits per heavy atom. The molecule has 3 aliphatic rings. The Labute approximate surface area is 245 Å². The minimum Gasteiger partial charge on any atom is -0.497 e. The van der Waals surface area contributed by atoms with E-state index in [4.69, 9.17) is 9.47 Å². The number of aromatic nitrogens is 4. The second kappa shape index (κ2) is 13.0. The van der Waals surface area contributed by atoms with Gasteiger partial charge in [-0.1, -0.05) is 25.1 Å². The molecule has 1 aromatic carbocycles. The number of piperidine rings is 3. The molecule has 3 aliphatic heterocycles. The van der Waals surface area contributed by atoms with E-state index in [1.165, 1.54) is 4.68 Å². The van der Waals surface area contributed by atoms with E-state index < -0.39 is 17.9 Å². The topological polar surface area (TPSA) is 132 Å². The number of carbonyl (C=O) groups is 2. The zero-order chi connectivity index (χ0) is 29.8. The Morgan fingerprint density at radius 3 is 2.81 bits per heavy atom. The second-order valence-electron chi connectivity index (χ2n) is 11.8. The highest BCUT2D eigenvalue weighted by molar-refractivity contribution is 5.84. The molecule has 3 saturated heterocycles. The number of carboxylic acid groups (broad SMARTS) is 1. The van der Waals surface area contributed by atoms with Gasteiger partial charge >= 0.3 is 5.97 Å². The van der Waals surface area contributed by atoms with E-state index in [1.807, 2.05) is 44.3 Å². The highest BCUT2D eigenvalue weighted by Crippen LogP contribution is 2.43. The van der Waals surface area contributed by atoms with Crippen molar-refractivity contribution in [3.8, 4) is 5.75 Å². The molecule has 0 radical (unpaired) electrons. The normalized spacial score (nSPS) is 23.0. The lowest BCUT2D eigenvalue weighted by molar-refractivity contribution is -0.142. The first-order valence-corrected chi connectivity index (χ1v) is 14.6. The molecule has 224 valence electrons. The molecular formula is C31H40N6O5. The summed E-state index contributed by atoms with van der Waals surface area (Å²) in [6.07, 6.45) is 7.83. The number of fused-ring (bicyclic) bond motifs is 4. The molecule has 6 atom stereocenters. The zero-order valence-corrected chi connectivity index (χ0v) is 24.5. The summed E-state index contributed by atoms with van der Waals surface area (Å²) < 4.78 is 13.6. The number of aliphatic carboxylic acids is 1. The van der Waals surface area contributed by atoms with Crippen LogP contribution in [0.3, 0.4) is 0 Å². The first-order valence-electron chi connectivity index (χ1n) is 14.6. The van der Waals surface area contributed by atoms with Crippen LogP contribution < -0.4 is 10.1 Å². The summed E-state index contributed by atoms with van der Waals surface area (Å²) in [6, 6.07) is 7.13. The van der Waals surface area contributed by atoms with Crippen LogP contribution in [0.1, 0.15) is 50.5 Å². The Hall–Kier alpha value is -3.83. The van der Waals surface area contributed by atoms with Gasteiger partial charge in [0.15, 0.2) is 0 Å². The standard InChI is InChI=1S/C31H40N6O5/c1-5-20-15-36-11-9-21(20)13-28(36)30(24-8-10-32-26-7-6-23(41-4)14-25(24)26)42-18-22-16-37(35-34-22)17-29(38)33-27(31(39)40)12-19(2)3/h5-8,10,14,16,19-21,27-28,30H,1,9,11-13,15,17-18H2,2-4H3,(H,33,38)(H,39,40)/t20-,21-,27-,28+,30+/m0/s1. The fourth-order valence-electron chi connectivity index (χ4n) is 6.36. The van der Waals surface area contributed by atoms with Crippen molar-refractivity contribution >= 4 is 22.8 Å². The van der Waals surface area contributed by atoms with Gasteiger partial charge < -0.3 is 19.9 Å². The Kier molecular flexibility index (Phi) is 9.18. The summed E-state index contributed by atoms with van der Waals surface area (Å²) in [4.78, 5) is 31.2. The molecule has 11 nitrogen and oxygen atoms in total. The van der Waals surface area contributed by atoms with E-state index in [2.05, 4.69) is 38.2 Å². The monoisotopic (exact) mass is 576 g/mol. The largest absolute Gasteiger partial charge is 0.497 e. The van der Waals surface area contributed by atoms with Crippen LogP contribution in [0, 0.1) is 17.8 Å². The van der Waals surface area contributed by atoms with Gasteiger partial charge in [0.25, 0.3) is 0 Å². The van der Waals surface area contributed by atoms with Gasteiger partial charge in [-0.05, 0) is 73.4 Å². The number of ether oxygens (including phenoxy) is 2. The highest BCUT2D eigenvalue weighted by Gasteiger charge is 2.43. The van der Waals surface area contributed by atoms with Gasteiger partial charge in [0.1, 0.15) is 24.0 Å².